The van der Waals surface area contributed by atoms with Gasteiger partial charge in [-0.05, 0) is 42.3 Å². The van der Waals surface area contributed by atoms with E-state index in [0.29, 0.717) is 10.2 Å². The Bertz CT molecular complexity index is 1070. The number of carboxylic acid groups (broad SMARTS) is 1. The molecule has 1 aromatic heterocycles. The zero-order chi connectivity index (χ0) is 18.8. The molecule has 0 atom stereocenters. The smallest absolute Gasteiger partial charge is 0.449 e. The minimum absolute atomic E-state index is 0.0166. The van der Waals surface area contributed by atoms with Gasteiger partial charge in [-0.2, -0.15) is 4.68 Å². The molecular formula is C17H14FN3O5. The standard InChI is InChI=1S/C17H14FN3O5/c1-9-5-6-11(18)7-10(9)8-19-16(23)21-15(22)12-3-2-4-13(14(12)20-21)26-17(24)25/h2-7,20H,8H2,1H3,(H,19,23)(H,24,25). The largest absolute Gasteiger partial charge is 0.511 e. The molecule has 2 aromatic carbocycles. The highest BCUT2D eigenvalue weighted by Gasteiger charge is 2.17. The second kappa shape index (κ2) is 6.71. The number of hydrogen-bond donors (Lipinski definition) is 3. The van der Waals surface area contributed by atoms with Gasteiger partial charge in [0.15, 0.2) is 5.75 Å². The number of aromatic nitrogens is 2. The van der Waals surface area contributed by atoms with Crippen molar-refractivity contribution in [3.05, 3.63) is 63.7 Å². The second-order valence-electron chi connectivity index (χ2n) is 5.53. The minimum Gasteiger partial charge on any atom is -0.449 e. The third-order valence-corrected chi connectivity index (χ3v) is 3.82. The molecule has 3 aromatic rings. The molecule has 1 amide bonds. The number of fused-ring (bicyclic) bond motifs is 1. The van der Waals surface area contributed by atoms with Crippen molar-refractivity contribution in [1.82, 2.24) is 15.1 Å². The van der Waals surface area contributed by atoms with E-state index in [1.54, 1.807) is 13.0 Å². The van der Waals surface area contributed by atoms with E-state index in [1.165, 1.54) is 30.3 Å². The van der Waals surface area contributed by atoms with Crippen LogP contribution in [0.15, 0.2) is 41.2 Å². The maximum atomic E-state index is 13.3. The molecule has 0 saturated heterocycles. The van der Waals surface area contributed by atoms with Crippen molar-refractivity contribution in [3.63, 3.8) is 0 Å². The lowest BCUT2D eigenvalue weighted by Crippen LogP contribution is -2.35. The molecule has 0 bridgehead atoms. The quantitative estimate of drug-likeness (QED) is 0.491. The van der Waals surface area contributed by atoms with Crippen LogP contribution in [0, 0.1) is 12.7 Å². The second-order valence-corrected chi connectivity index (χ2v) is 5.53. The van der Waals surface area contributed by atoms with E-state index in [4.69, 9.17) is 5.11 Å². The van der Waals surface area contributed by atoms with Gasteiger partial charge in [0.05, 0.1) is 5.39 Å². The fourth-order valence-electron chi connectivity index (χ4n) is 2.51. The molecule has 0 unspecified atom stereocenters. The fraction of sp³-hybridized carbons (Fsp3) is 0.118. The van der Waals surface area contributed by atoms with Crippen molar-refractivity contribution in [3.8, 4) is 5.75 Å². The Kier molecular flexibility index (Phi) is 4.44. The molecule has 0 fully saturated rings. The molecule has 0 saturated carbocycles. The predicted molar refractivity (Wildman–Crippen MR) is 90.0 cm³/mol. The van der Waals surface area contributed by atoms with Gasteiger partial charge >= 0.3 is 12.2 Å². The Hall–Kier alpha value is -3.62. The summed E-state index contributed by atoms with van der Waals surface area (Å²) in [5, 5.41) is 13.9. The van der Waals surface area contributed by atoms with Gasteiger partial charge in [0, 0.05) is 6.54 Å². The first-order valence-corrected chi connectivity index (χ1v) is 7.54. The number of nitrogens with one attached hydrogen (secondary N) is 2. The monoisotopic (exact) mass is 359 g/mol. The van der Waals surface area contributed by atoms with Crippen molar-refractivity contribution in [2.45, 2.75) is 13.5 Å². The van der Waals surface area contributed by atoms with Crippen molar-refractivity contribution >= 4 is 23.1 Å². The Balaban J connectivity index is 1.89. The highest BCUT2D eigenvalue weighted by atomic mass is 19.1. The number of carbonyl (C=O) groups is 2. The van der Waals surface area contributed by atoms with Crippen molar-refractivity contribution in [2.75, 3.05) is 0 Å². The Morgan fingerprint density at radius 2 is 2.08 bits per heavy atom. The summed E-state index contributed by atoms with van der Waals surface area (Å²) in [5.74, 6) is -0.530. The number of carbonyl (C=O) groups excluding carboxylic acids is 1. The van der Waals surface area contributed by atoms with Crippen LogP contribution >= 0.6 is 0 Å². The van der Waals surface area contributed by atoms with Crippen LogP contribution in [0.25, 0.3) is 10.9 Å². The van der Waals surface area contributed by atoms with Crippen molar-refractivity contribution in [2.24, 2.45) is 0 Å². The molecule has 3 rings (SSSR count). The van der Waals surface area contributed by atoms with E-state index < -0.39 is 23.6 Å². The number of aromatic amines is 1. The lowest BCUT2D eigenvalue weighted by Gasteiger charge is -2.08. The zero-order valence-corrected chi connectivity index (χ0v) is 13.6. The van der Waals surface area contributed by atoms with E-state index in [9.17, 15) is 18.8 Å². The molecule has 3 N–H and O–H groups in total. The van der Waals surface area contributed by atoms with E-state index in [2.05, 4.69) is 15.2 Å². The van der Waals surface area contributed by atoms with Gasteiger partial charge in [-0.1, -0.05) is 12.1 Å². The molecule has 0 aliphatic rings. The lowest BCUT2D eigenvalue weighted by molar-refractivity contribution is 0.145. The van der Waals surface area contributed by atoms with Crippen LogP contribution in [0.3, 0.4) is 0 Å². The Labute approximate surface area is 145 Å². The summed E-state index contributed by atoms with van der Waals surface area (Å²) in [6.07, 6.45) is -1.54. The first-order valence-electron chi connectivity index (χ1n) is 7.54. The summed E-state index contributed by atoms with van der Waals surface area (Å²) in [6.45, 7) is 1.79. The number of hydrogen-bond acceptors (Lipinski definition) is 4. The van der Waals surface area contributed by atoms with Gasteiger partial charge < -0.3 is 15.2 Å². The molecule has 0 aliphatic heterocycles. The summed E-state index contributed by atoms with van der Waals surface area (Å²) in [6, 6.07) is 7.65. The molecule has 8 nitrogen and oxygen atoms in total. The average molecular weight is 359 g/mol. The van der Waals surface area contributed by atoms with Gasteiger partial charge in [0.2, 0.25) is 0 Å². The maximum Gasteiger partial charge on any atom is 0.511 e. The van der Waals surface area contributed by atoms with E-state index >= 15 is 0 Å². The average Bonchev–Trinajstić information content (AvgIpc) is 2.93. The number of amides is 1. The summed E-state index contributed by atoms with van der Waals surface area (Å²) in [4.78, 5) is 35.4. The zero-order valence-electron chi connectivity index (χ0n) is 13.6. The molecular weight excluding hydrogens is 345 g/mol. The molecule has 0 radical (unpaired) electrons. The van der Waals surface area contributed by atoms with Gasteiger partial charge in [-0.3, -0.25) is 9.89 Å². The van der Waals surface area contributed by atoms with E-state index in [0.717, 1.165) is 5.56 Å². The van der Waals surface area contributed by atoms with Crippen molar-refractivity contribution < 1.29 is 23.8 Å². The number of para-hydroxylation sites is 1. The number of ether oxygens (including phenoxy) is 1. The van der Waals surface area contributed by atoms with Crippen LogP contribution in [0.1, 0.15) is 11.1 Å². The van der Waals surface area contributed by atoms with Crippen molar-refractivity contribution in [1.29, 1.82) is 0 Å². The number of H-pyrrole nitrogens is 1. The summed E-state index contributed by atoms with van der Waals surface area (Å²) in [7, 11) is 0. The third-order valence-electron chi connectivity index (χ3n) is 3.82. The number of rotatable bonds is 3. The van der Waals surface area contributed by atoms with Gasteiger partial charge in [-0.15, -0.1) is 0 Å². The summed E-state index contributed by atoms with van der Waals surface area (Å²) >= 11 is 0. The normalized spacial score (nSPS) is 10.7. The molecule has 9 heteroatoms. The SMILES string of the molecule is Cc1ccc(F)cc1CNC(=O)n1[nH]c2c(OC(=O)O)cccc2c1=O. The van der Waals surface area contributed by atoms with Crippen LogP contribution in [-0.2, 0) is 6.54 Å². The van der Waals surface area contributed by atoms with E-state index in [-0.39, 0.29) is 23.2 Å². The van der Waals surface area contributed by atoms with Crippen LogP contribution < -0.4 is 15.6 Å². The van der Waals surface area contributed by atoms with E-state index in [1.807, 2.05) is 0 Å². The molecule has 1 heterocycles. The van der Waals surface area contributed by atoms with Crippen LogP contribution in [-0.4, -0.2) is 27.1 Å². The highest BCUT2D eigenvalue weighted by Crippen LogP contribution is 2.21. The Morgan fingerprint density at radius 1 is 1.31 bits per heavy atom. The van der Waals surface area contributed by atoms with Gasteiger partial charge in [0.25, 0.3) is 5.56 Å². The number of nitrogens with zero attached hydrogens (tertiary/aromatic N) is 1. The number of benzene rings is 2. The maximum absolute atomic E-state index is 13.3. The third kappa shape index (κ3) is 3.27. The molecule has 26 heavy (non-hydrogen) atoms. The minimum atomic E-state index is -1.54. The molecule has 134 valence electrons. The topological polar surface area (TPSA) is 113 Å². The fourth-order valence-corrected chi connectivity index (χ4v) is 2.51. The number of aryl methyl sites for hydroxylation is 1. The van der Waals surface area contributed by atoms with Gasteiger partial charge in [0.1, 0.15) is 11.3 Å². The first kappa shape index (κ1) is 17.2. The van der Waals surface area contributed by atoms with Crippen LogP contribution in [0.2, 0.25) is 0 Å². The Morgan fingerprint density at radius 3 is 2.81 bits per heavy atom. The summed E-state index contributed by atoms with van der Waals surface area (Å²) in [5.41, 5.74) is 0.770. The van der Waals surface area contributed by atoms with Crippen LogP contribution in [0.5, 0.6) is 5.75 Å². The first-order chi connectivity index (χ1) is 12.4. The predicted octanol–water partition coefficient (Wildman–Crippen LogP) is 2.59. The molecule has 0 spiro atoms. The highest BCUT2D eigenvalue weighted by molar-refractivity contribution is 5.89. The summed E-state index contributed by atoms with van der Waals surface area (Å²) < 4.78 is 18.6. The van der Waals surface area contributed by atoms with Crippen LogP contribution in [0.4, 0.5) is 14.0 Å². The number of halogens is 1. The molecule has 0 aliphatic carbocycles. The lowest BCUT2D eigenvalue weighted by atomic mass is 10.1. The van der Waals surface area contributed by atoms with Gasteiger partial charge in [-0.25, -0.2) is 14.0 Å².